The zero-order valence-electron chi connectivity index (χ0n) is 11.0. The fourth-order valence-electron chi connectivity index (χ4n) is 1.94. The molecule has 1 saturated carbocycles. The van der Waals surface area contributed by atoms with Gasteiger partial charge in [0.15, 0.2) is 11.5 Å². The molecule has 1 aliphatic rings. The highest BCUT2D eigenvalue weighted by Crippen LogP contribution is 2.32. The first-order chi connectivity index (χ1) is 9.19. The molecular weight excluding hydrogens is 244 g/mol. The first kappa shape index (κ1) is 13.5. The van der Waals surface area contributed by atoms with Crippen molar-refractivity contribution in [3.8, 4) is 11.5 Å². The summed E-state index contributed by atoms with van der Waals surface area (Å²) < 4.78 is 11.0. The van der Waals surface area contributed by atoms with Gasteiger partial charge in [-0.1, -0.05) is 12.5 Å². The van der Waals surface area contributed by atoms with E-state index in [1.54, 1.807) is 13.2 Å². The number of methoxy groups -OCH3 is 1. The van der Waals surface area contributed by atoms with Crippen molar-refractivity contribution in [2.75, 3.05) is 13.7 Å². The van der Waals surface area contributed by atoms with Crippen LogP contribution in [0, 0.1) is 5.92 Å². The van der Waals surface area contributed by atoms with Crippen LogP contribution in [0.25, 0.3) is 6.08 Å². The quantitative estimate of drug-likeness (QED) is 0.801. The van der Waals surface area contributed by atoms with E-state index in [1.807, 2.05) is 12.1 Å². The van der Waals surface area contributed by atoms with Crippen LogP contribution in [-0.2, 0) is 4.79 Å². The first-order valence-corrected chi connectivity index (χ1v) is 6.41. The Balaban J connectivity index is 2.04. The van der Waals surface area contributed by atoms with Gasteiger partial charge in [0.2, 0.25) is 0 Å². The molecule has 0 unspecified atom stereocenters. The smallest absolute Gasteiger partial charge is 0.328 e. The second-order valence-corrected chi connectivity index (χ2v) is 4.69. The fraction of sp³-hybridized carbons (Fsp3) is 0.400. The summed E-state index contributed by atoms with van der Waals surface area (Å²) in [5, 5.41) is 8.59. The predicted octanol–water partition coefficient (Wildman–Crippen LogP) is 2.97. The SMILES string of the molecule is COc1cc(C=CC(=O)O)ccc1OCC1CCC1. The number of hydrogen-bond acceptors (Lipinski definition) is 3. The number of rotatable bonds is 6. The third-order valence-corrected chi connectivity index (χ3v) is 3.31. The summed E-state index contributed by atoms with van der Waals surface area (Å²) in [6, 6.07) is 5.41. The molecule has 0 bridgehead atoms. The van der Waals surface area contributed by atoms with E-state index >= 15 is 0 Å². The summed E-state index contributed by atoms with van der Waals surface area (Å²) in [6.07, 6.45) is 6.40. The summed E-state index contributed by atoms with van der Waals surface area (Å²) in [6.45, 7) is 0.723. The van der Waals surface area contributed by atoms with Gasteiger partial charge in [-0.3, -0.25) is 0 Å². The van der Waals surface area contributed by atoms with Crippen molar-refractivity contribution >= 4 is 12.0 Å². The molecule has 0 amide bonds. The number of aliphatic carboxylic acids is 1. The van der Waals surface area contributed by atoms with Gasteiger partial charge in [-0.05, 0) is 42.5 Å². The maximum absolute atomic E-state index is 10.5. The number of carbonyl (C=O) groups is 1. The highest BCUT2D eigenvalue weighted by molar-refractivity contribution is 5.85. The summed E-state index contributed by atoms with van der Waals surface area (Å²) in [4.78, 5) is 10.5. The van der Waals surface area contributed by atoms with Crippen LogP contribution in [0.3, 0.4) is 0 Å². The molecule has 102 valence electrons. The van der Waals surface area contributed by atoms with E-state index in [2.05, 4.69) is 0 Å². The Labute approximate surface area is 112 Å². The highest BCUT2D eigenvalue weighted by atomic mass is 16.5. The topological polar surface area (TPSA) is 55.8 Å². The van der Waals surface area contributed by atoms with Gasteiger partial charge >= 0.3 is 5.97 Å². The lowest BCUT2D eigenvalue weighted by atomic mass is 9.86. The number of ether oxygens (including phenoxy) is 2. The number of carboxylic acid groups (broad SMARTS) is 1. The molecule has 0 heterocycles. The van der Waals surface area contributed by atoms with Crippen LogP contribution >= 0.6 is 0 Å². The molecule has 2 rings (SSSR count). The third kappa shape index (κ3) is 3.74. The number of hydrogen-bond donors (Lipinski definition) is 1. The van der Waals surface area contributed by atoms with Crippen LogP contribution in [0.4, 0.5) is 0 Å². The predicted molar refractivity (Wildman–Crippen MR) is 72.5 cm³/mol. The molecular formula is C15H18O4. The fourth-order valence-corrected chi connectivity index (χ4v) is 1.94. The average molecular weight is 262 g/mol. The standard InChI is InChI=1S/C15H18O4/c1-18-14-9-11(6-8-15(16)17)5-7-13(14)19-10-12-3-2-4-12/h5-9,12H,2-4,10H2,1H3,(H,16,17). The molecule has 1 N–H and O–H groups in total. The molecule has 0 radical (unpaired) electrons. The maximum atomic E-state index is 10.5. The Morgan fingerprint density at radius 3 is 2.79 bits per heavy atom. The van der Waals surface area contributed by atoms with E-state index in [0.717, 1.165) is 18.2 Å². The van der Waals surface area contributed by atoms with Crippen molar-refractivity contribution in [1.82, 2.24) is 0 Å². The van der Waals surface area contributed by atoms with E-state index in [-0.39, 0.29) is 0 Å². The molecule has 0 aliphatic heterocycles. The molecule has 4 heteroatoms. The molecule has 0 atom stereocenters. The molecule has 4 nitrogen and oxygen atoms in total. The molecule has 19 heavy (non-hydrogen) atoms. The van der Waals surface area contributed by atoms with Crippen molar-refractivity contribution in [1.29, 1.82) is 0 Å². The van der Waals surface area contributed by atoms with Crippen LogP contribution < -0.4 is 9.47 Å². The van der Waals surface area contributed by atoms with Crippen LogP contribution in [-0.4, -0.2) is 24.8 Å². The first-order valence-electron chi connectivity index (χ1n) is 6.41. The number of benzene rings is 1. The van der Waals surface area contributed by atoms with Crippen molar-refractivity contribution in [3.63, 3.8) is 0 Å². The van der Waals surface area contributed by atoms with E-state index in [0.29, 0.717) is 17.4 Å². The molecule has 1 aliphatic carbocycles. The summed E-state index contributed by atoms with van der Waals surface area (Å²) in [7, 11) is 1.58. The highest BCUT2D eigenvalue weighted by Gasteiger charge is 2.18. The molecule has 1 fully saturated rings. The van der Waals surface area contributed by atoms with Gasteiger partial charge in [-0.15, -0.1) is 0 Å². The van der Waals surface area contributed by atoms with Gasteiger partial charge in [0, 0.05) is 6.08 Å². The zero-order chi connectivity index (χ0) is 13.7. The van der Waals surface area contributed by atoms with E-state index in [9.17, 15) is 4.79 Å². The van der Waals surface area contributed by atoms with Crippen molar-refractivity contribution < 1.29 is 19.4 Å². The normalized spacial score (nSPS) is 15.2. The monoisotopic (exact) mass is 262 g/mol. The molecule has 0 saturated heterocycles. The number of carboxylic acids is 1. The van der Waals surface area contributed by atoms with E-state index in [1.165, 1.54) is 25.3 Å². The Hall–Kier alpha value is -1.97. The third-order valence-electron chi connectivity index (χ3n) is 3.31. The molecule has 1 aromatic rings. The Morgan fingerprint density at radius 2 is 2.21 bits per heavy atom. The van der Waals surface area contributed by atoms with Crippen LogP contribution in [0.15, 0.2) is 24.3 Å². The van der Waals surface area contributed by atoms with Gasteiger partial charge < -0.3 is 14.6 Å². The lowest BCUT2D eigenvalue weighted by Gasteiger charge is -2.25. The summed E-state index contributed by atoms with van der Waals surface area (Å²) in [5.74, 6) is 1.04. The van der Waals surface area contributed by atoms with Crippen LogP contribution in [0.5, 0.6) is 11.5 Å². The summed E-state index contributed by atoms with van der Waals surface area (Å²) in [5.41, 5.74) is 0.773. The summed E-state index contributed by atoms with van der Waals surface area (Å²) >= 11 is 0. The zero-order valence-corrected chi connectivity index (χ0v) is 11.0. The lowest BCUT2D eigenvalue weighted by molar-refractivity contribution is -0.131. The Bertz CT molecular complexity index is 475. The van der Waals surface area contributed by atoms with Crippen molar-refractivity contribution in [3.05, 3.63) is 29.8 Å². The van der Waals surface area contributed by atoms with Gasteiger partial charge in [-0.2, -0.15) is 0 Å². The average Bonchev–Trinajstić information content (AvgIpc) is 2.35. The minimum atomic E-state index is -0.968. The van der Waals surface area contributed by atoms with Crippen LogP contribution in [0.2, 0.25) is 0 Å². The van der Waals surface area contributed by atoms with Gasteiger partial charge in [0.25, 0.3) is 0 Å². The second kappa shape index (κ2) is 6.27. The molecule has 0 spiro atoms. The van der Waals surface area contributed by atoms with E-state index in [4.69, 9.17) is 14.6 Å². The molecule has 0 aromatic heterocycles. The molecule has 1 aromatic carbocycles. The minimum Gasteiger partial charge on any atom is -0.493 e. The minimum absolute atomic E-state index is 0.631. The van der Waals surface area contributed by atoms with Crippen molar-refractivity contribution in [2.24, 2.45) is 5.92 Å². The van der Waals surface area contributed by atoms with Crippen LogP contribution in [0.1, 0.15) is 24.8 Å². The second-order valence-electron chi connectivity index (χ2n) is 4.69. The maximum Gasteiger partial charge on any atom is 0.328 e. The van der Waals surface area contributed by atoms with Gasteiger partial charge in [0.1, 0.15) is 0 Å². The van der Waals surface area contributed by atoms with Gasteiger partial charge in [-0.25, -0.2) is 4.79 Å². The van der Waals surface area contributed by atoms with Crippen molar-refractivity contribution in [2.45, 2.75) is 19.3 Å². The Kier molecular flexibility index (Phi) is 4.44. The van der Waals surface area contributed by atoms with Gasteiger partial charge in [0.05, 0.1) is 13.7 Å². The lowest BCUT2D eigenvalue weighted by Crippen LogP contribution is -2.19. The Morgan fingerprint density at radius 1 is 1.42 bits per heavy atom. The largest absolute Gasteiger partial charge is 0.493 e. The van der Waals surface area contributed by atoms with E-state index < -0.39 is 5.97 Å².